The summed E-state index contributed by atoms with van der Waals surface area (Å²) in [7, 11) is 2.99. The highest BCUT2D eigenvalue weighted by Gasteiger charge is 2.22. The Hall–Kier alpha value is -2.78. The number of benzene rings is 1. The van der Waals surface area contributed by atoms with Gasteiger partial charge in [0.2, 0.25) is 0 Å². The first-order valence-corrected chi connectivity index (χ1v) is 11.5. The maximum atomic E-state index is 13.2. The lowest BCUT2D eigenvalue weighted by Crippen LogP contribution is -2.24. The molecule has 8 nitrogen and oxygen atoms in total. The summed E-state index contributed by atoms with van der Waals surface area (Å²) in [5.41, 5.74) is 1.07. The van der Waals surface area contributed by atoms with Crippen molar-refractivity contribution in [3.63, 3.8) is 0 Å². The summed E-state index contributed by atoms with van der Waals surface area (Å²) in [6.07, 6.45) is 2.76. The molecule has 170 valence electrons. The predicted molar refractivity (Wildman–Crippen MR) is 128 cm³/mol. The van der Waals surface area contributed by atoms with Crippen molar-refractivity contribution in [2.45, 2.75) is 39.7 Å². The van der Waals surface area contributed by atoms with Crippen LogP contribution in [0, 0.1) is 12.8 Å². The Bertz CT molecular complexity index is 1250. The molecule has 1 aliphatic rings. The summed E-state index contributed by atoms with van der Waals surface area (Å²) >= 11 is 7.49. The van der Waals surface area contributed by atoms with E-state index in [1.54, 1.807) is 16.7 Å². The normalized spacial score (nSPS) is 15.7. The maximum Gasteiger partial charge on any atom is 0.324 e. The van der Waals surface area contributed by atoms with Gasteiger partial charge in [-0.05, 0) is 37.3 Å². The van der Waals surface area contributed by atoms with Gasteiger partial charge in [0.15, 0.2) is 0 Å². The number of hydrogen-bond donors (Lipinski definition) is 2. The number of carbonyl (C=O) groups is 1. The lowest BCUT2D eigenvalue weighted by Gasteiger charge is -2.13. The number of nitrogens with one attached hydrogen (secondary N) is 2. The molecule has 10 heteroatoms. The van der Waals surface area contributed by atoms with Crippen molar-refractivity contribution < 1.29 is 14.3 Å². The largest absolute Gasteiger partial charge is 0.495 e. The number of ether oxygens (including phenoxy) is 2. The van der Waals surface area contributed by atoms with Crippen LogP contribution in [0.3, 0.4) is 0 Å². The van der Waals surface area contributed by atoms with Crippen LogP contribution in [0.5, 0.6) is 11.5 Å². The number of methoxy groups -OCH3 is 2. The highest BCUT2D eigenvalue weighted by molar-refractivity contribution is 7.22. The van der Waals surface area contributed by atoms with E-state index in [4.69, 9.17) is 26.1 Å². The van der Waals surface area contributed by atoms with Crippen LogP contribution in [0.15, 0.2) is 16.9 Å². The molecular weight excluding hydrogens is 452 g/mol. The monoisotopic (exact) mass is 476 g/mol. The Morgan fingerprint density at radius 2 is 1.97 bits per heavy atom. The fraction of sp³-hybridized carbons (Fsp3) is 0.409. The van der Waals surface area contributed by atoms with Gasteiger partial charge >= 0.3 is 6.03 Å². The molecule has 0 saturated carbocycles. The molecule has 3 aromatic rings. The van der Waals surface area contributed by atoms with Gasteiger partial charge in [0.25, 0.3) is 5.56 Å². The Labute approximate surface area is 194 Å². The number of carbonyl (C=O) groups excluding carboxylic acids is 1. The molecule has 2 N–H and O–H groups in total. The van der Waals surface area contributed by atoms with E-state index in [0.717, 1.165) is 25.1 Å². The van der Waals surface area contributed by atoms with E-state index in [2.05, 4.69) is 17.6 Å². The number of aromatic nitrogens is 2. The van der Waals surface area contributed by atoms with Crippen molar-refractivity contribution >= 4 is 49.9 Å². The number of thiophene rings is 1. The van der Waals surface area contributed by atoms with E-state index in [9.17, 15) is 9.59 Å². The van der Waals surface area contributed by atoms with Crippen molar-refractivity contribution in [1.82, 2.24) is 9.55 Å². The molecule has 3 heterocycles. The second-order valence-electron chi connectivity index (χ2n) is 7.92. The van der Waals surface area contributed by atoms with Crippen LogP contribution in [-0.4, -0.2) is 29.8 Å². The van der Waals surface area contributed by atoms with E-state index in [0.29, 0.717) is 55.5 Å². The van der Waals surface area contributed by atoms with Crippen LogP contribution in [0.4, 0.5) is 15.5 Å². The number of nitrogens with zero attached hydrogens (tertiary/aromatic N) is 2. The zero-order valence-corrected chi connectivity index (χ0v) is 19.9. The van der Waals surface area contributed by atoms with Gasteiger partial charge in [-0.25, -0.2) is 9.78 Å². The zero-order chi connectivity index (χ0) is 23.0. The molecule has 0 saturated heterocycles. The molecule has 0 spiro atoms. The van der Waals surface area contributed by atoms with Gasteiger partial charge in [-0.15, -0.1) is 0 Å². The first kappa shape index (κ1) is 22.4. The van der Waals surface area contributed by atoms with E-state index in [-0.39, 0.29) is 5.56 Å². The second-order valence-corrected chi connectivity index (χ2v) is 9.33. The van der Waals surface area contributed by atoms with Gasteiger partial charge < -0.3 is 14.8 Å². The fourth-order valence-corrected chi connectivity index (χ4v) is 5.21. The Morgan fingerprint density at radius 3 is 2.69 bits per heavy atom. The standard InChI is InChI=1S/C22H25ClN4O4S/c1-11-5-6-17-25-20-18(21(28)27(17)8-7-11)12(2)19(32-20)26-22(29)24-14-9-13(23)15(30-3)10-16(14)31-4/h9-11H,5-8H2,1-4H3,(H2,24,26,29)/t11-/m0/s1. The lowest BCUT2D eigenvalue weighted by atomic mass is 10.0. The van der Waals surface area contributed by atoms with E-state index in [1.807, 2.05) is 6.92 Å². The van der Waals surface area contributed by atoms with Crippen LogP contribution in [0.1, 0.15) is 31.2 Å². The van der Waals surface area contributed by atoms with Crippen LogP contribution >= 0.6 is 22.9 Å². The van der Waals surface area contributed by atoms with Crippen LogP contribution in [0.2, 0.25) is 5.02 Å². The number of urea groups is 1. The summed E-state index contributed by atoms with van der Waals surface area (Å²) < 4.78 is 12.3. The van der Waals surface area contributed by atoms with Crippen molar-refractivity contribution in [2.24, 2.45) is 5.92 Å². The molecule has 0 fully saturated rings. The topological polar surface area (TPSA) is 94.5 Å². The van der Waals surface area contributed by atoms with Crippen molar-refractivity contribution in [3.05, 3.63) is 38.9 Å². The van der Waals surface area contributed by atoms with Gasteiger partial charge in [0.1, 0.15) is 27.2 Å². The van der Waals surface area contributed by atoms with Crippen LogP contribution in [-0.2, 0) is 13.0 Å². The molecule has 0 unspecified atom stereocenters. The molecule has 32 heavy (non-hydrogen) atoms. The first-order valence-electron chi connectivity index (χ1n) is 10.3. The average Bonchev–Trinajstić information content (AvgIpc) is 2.93. The molecule has 1 aromatic carbocycles. The Kier molecular flexibility index (Phi) is 6.30. The molecule has 4 rings (SSSR count). The minimum atomic E-state index is -0.477. The minimum absolute atomic E-state index is 0.0371. The van der Waals surface area contributed by atoms with Crippen molar-refractivity contribution in [1.29, 1.82) is 0 Å². The number of rotatable bonds is 4. The summed E-state index contributed by atoms with van der Waals surface area (Å²) in [6.45, 7) is 4.71. The molecule has 0 radical (unpaired) electrons. The molecule has 2 amide bonds. The average molecular weight is 477 g/mol. The third-order valence-corrected chi connectivity index (χ3v) is 7.18. The van der Waals surface area contributed by atoms with E-state index < -0.39 is 6.03 Å². The van der Waals surface area contributed by atoms with Gasteiger partial charge in [0, 0.05) is 19.0 Å². The molecule has 0 bridgehead atoms. The summed E-state index contributed by atoms with van der Waals surface area (Å²) in [5, 5.41) is 7.06. The number of halogens is 1. The highest BCUT2D eigenvalue weighted by atomic mass is 35.5. The molecule has 1 aliphatic heterocycles. The Morgan fingerprint density at radius 1 is 1.22 bits per heavy atom. The van der Waals surface area contributed by atoms with E-state index in [1.165, 1.54) is 25.6 Å². The zero-order valence-electron chi connectivity index (χ0n) is 18.4. The maximum absolute atomic E-state index is 13.2. The molecule has 1 atom stereocenters. The fourth-order valence-electron chi connectivity index (χ4n) is 3.88. The summed E-state index contributed by atoms with van der Waals surface area (Å²) in [5.74, 6) is 2.24. The molecule has 2 aromatic heterocycles. The SMILES string of the molecule is COc1cc(OC)c(NC(=O)Nc2sc3nc4n(c(=O)c3c2C)CC[C@@H](C)CC4)cc1Cl. The van der Waals surface area contributed by atoms with Gasteiger partial charge in [-0.1, -0.05) is 29.9 Å². The third kappa shape index (κ3) is 4.14. The van der Waals surface area contributed by atoms with Crippen molar-refractivity contribution in [2.75, 3.05) is 24.9 Å². The number of anilines is 2. The van der Waals surface area contributed by atoms with Crippen LogP contribution in [0.25, 0.3) is 10.2 Å². The van der Waals surface area contributed by atoms with Gasteiger partial charge in [-0.3, -0.25) is 14.7 Å². The third-order valence-electron chi connectivity index (χ3n) is 5.78. The smallest absolute Gasteiger partial charge is 0.324 e. The predicted octanol–water partition coefficient (Wildman–Crippen LogP) is 5.05. The van der Waals surface area contributed by atoms with Gasteiger partial charge in [0.05, 0.1) is 30.3 Å². The molecular formula is C22H25ClN4O4S. The molecule has 0 aliphatic carbocycles. The minimum Gasteiger partial charge on any atom is -0.495 e. The van der Waals surface area contributed by atoms with Crippen LogP contribution < -0.4 is 25.7 Å². The van der Waals surface area contributed by atoms with E-state index >= 15 is 0 Å². The lowest BCUT2D eigenvalue weighted by molar-refractivity contribution is 0.262. The number of amides is 2. The highest BCUT2D eigenvalue weighted by Crippen LogP contribution is 2.37. The number of aryl methyl sites for hydroxylation is 2. The number of hydrogen-bond acceptors (Lipinski definition) is 6. The summed E-state index contributed by atoms with van der Waals surface area (Å²) in [6, 6.07) is 2.68. The summed E-state index contributed by atoms with van der Waals surface area (Å²) in [4.78, 5) is 31.3. The van der Waals surface area contributed by atoms with Gasteiger partial charge in [-0.2, -0.15) is 0 Å². The second kappa shape index (κ2) is 8.99. The first-order chi connectivity index (χ1) is 15.3. The van der Waals surface area contributed by atoms with Crippen molar-refractivity contribution in [3.8, 4) is 11.5 Å². The quantitative estimate of drug-likeness (QED) is 0.549. The Balaban J connectivity index is 1.62. The number of fused-ring (bicyclic) bond motifs is 2.